The van der Waals surface area contributed by atoms with E-state index in [9.17, 15) is 0 Å². The average molecular weight is 446 g/mol. The Morgan fingerprint density at radius 2 is 1.70 bits per heavy atom. The molecule has 2 rings (SSSR count). The summed E-state index contributed by atoms with van der Waals surface area (Å²) in [7, 11) is 1.25. The monoisotopic (exact) mass is 443 g/mol. The molecular formula is C14H17Br2N3Ni. The molecule has 0 radical (unpaired) electrons. The van der Waals surface area contributed by atoms with E-state index in [-0.39, 0.29) is 0 Å². The Hall–Kier alpha value is -0.446. The third kappa shape index (κ3) is 5.15. The van der Waals surface area contributed by atoms with Gasteiger partial charge in [-0.05, 0) is 44.9 Å². The molecule has 0 fully saturated rings. The number of benzene rings is 1. The number of hydrogen-bond donors (Lipinski definition) is 0. The van der Waals surface area contributed by atoms with Gasteiger partial charge in [-0.2, -0.15) is 5.10 Å². The molecule has 0 aliphatic carbocycles. The predicted molar refractivity (Wildman–Crippen MR) is 88.9 cm³/mol. The molecule has 0 bridgehead atoms. The molecule has 2 aromatic rings. The molecule has 0 spiro atoms. The van der Waals surface area contributed by atoms with Gasteiger partial charge >= 0.3 is 39.3 Å². The molecule has 1 heterocycles. The normalized spacial score (nSPS) is 11.2. The Kier molecular flexibility index (Phi) is 7.71. The molecular weight excluding hydrogens is 429 g/mol. The van der Waals surface area contributed by atoms with E-state index in [1.807, 2.05) is 26.1 Å². The third-order valence-electron chi connectivity index (χ3n) is 2.77. The molecule has 6 heteroatoms. The van der Waals surface area contributed by atoms with Crippen LogP contribution in [-0.2, 0) is 10.9 Å². The van der Waals surface area contributed by atoms with Gasteiger partial charge in [0, 0.05) is 6.20 Å². The van der Waals surface area contributed by atoms with Crippen molar-refractivity contribution in [1.82, 2.24) is 9.78 Å². The van der Waals surface area contributed by atoms with Crippen LogP contribution in [0, 0.1) is 20.8 Å². The fraction of sp³-hybridized carbons (Fsp3) is 0.286. The summed E-state index contributed by atoms with van der Waals surface area (Å²) in [5.74, 6) is 0.885. The summed E-state index contributed by atoms with van der Waals surface area (Å²) in [5, 5.41) is 4.35. The molecule has 20 heavy (non-hydrogen) atoms. The topological polar surface area (TPSA) is 30.2 Å². The quantitative estimate of drug-likeness (QED) is 0.341. The fourth-order valence-electron chi connectivity index (χ4n) is 1.79. The molecule has 0 saturated heterocycles. The Morgan fingerprint density at radius 3 is 2.15 bits per heavy atom. The van der Waals surface area contributed by atoms with E-state index >= 15 is 0 Å². The molecule has 3 nitrogen and oxygen atoms in total. The zero-order valence-corrected chi connectivity index (χ0v) is 16.0. The van der Waals surface area contributed by atoms with Crippen LogP contribution in [0.1, 0.15) is 23.7 Å². The number of aryl methyl sites for hydroxylation is 3. The fourth-order valence-corrected chi connectivity index (χ4v) is 1.79. The van der Waals surface area contributed by atoms with Crippen LogP contribution in [0.15, 0.2) is 35.5 Å². The number of para-hydroxylation sites is 1. The van der Waals surface area contributed by atoms with Gasteiger partial charge in [-0.3, -0.25) is 0 Å². The van der Waals surface area contributed by atoms with Gasteiger partial charge in [0.05, 0.1) is 11.4 Å². The Morgan fingerprint density at radius 1 is 1.15 bits per heavy atom. The summed E-state index contributed by atoms with van der Waals surface area (Å²) in [5.41, 5.74) is 4.42. The molecule has 0 aliphatic rings. The number of nitrogens with zero attached hydrogens (tertiary/aromatic N) is 3. The first-order valence-corrected chi connectivity index (χ1v) is 10.8. The van der Waals surface area contributed by atoms with Gasteiger partial charge in [-0.1, -0.05) is 18.2 Å². The van der Waals surface area contributed by atoms with Gasteiger partial charge in [0.25, 0.3) is 0 Å². The molecule has 0 unspecified atom stereocenters. The summed E-state index contributed by atoms with van der Waals surface area (Å²) < 4.78 is 1.81. The van der Waals surface area contributed by atoms with Crippen molar-refractivity contribution in [2.45, 2.75) is 27.7 Å². The molecule has 0 amide bonds. The van der Waals surface area contributed by atoms with Crippen molar-refractivity contribution in [2.24, 2.45) is 4.99 Å². The molecule has 0 N–H and O–H groups in total. The minimum atomic E-state index is 0.885. The van der Waals surface area contributed by atoms with Crippen LogP contribution in [0.5, 0.6) is 0 Å². The first kappa shape index (κ1) is 17.6. The minimum absolute atomic E-state index is 0.885. The van der Waals surface area contributed by atoms with Gasteiger partial charge in [0.15, 0.2) is 0 Å². The molecule has 0 aliphatic heterocycles. The predicted octanol–water partition coefficient (Wildman–Crippen LogP) is 5.10. The van der Waals surface area contributed by atoms with E-state index in [0.29, 0.717) is 0 Å². The second-order valence-electron chi connectivity index (χ2n) is 4.35. The Bertz CT molecular complexity index is 574. The van der Waals surface area contributed by atoms with E-state index in [0.717, 1.165) is 17.2 Å². The van der Waals surface area contributed by atoms with Crippen LogP contribution in [0.2, 0.25) is 0 Å². The van der Waals surface area contributed by atoms with E-state index in [1.165, 1.54) is 22.0 Å². The zero-order chi connectivity index (χ0) is 15.1. The summed E-state index contributed by atoms with van der Waals surface area (Å²) in [6, 6.07) is 8.18. The van der Waals surface area contributed by atoms with Crippen LogP contribution in [0.4, 0.5) is 5.69 Å². The van der Waals surface area contributed by atoms with Crippen molar-refractivity contribution in [3.05, 3.63) is 47.3 Å². The van der Waals surface area contributed by atoms with Crippen molar-refractivity contribution < 1.29 is 10.9 Å². The van der Waals surface area contributed by atoms with E-state index in [1.54, 1.807) is 4.68 Å². The number of aliphatic imine (C=N–C) groups is 1. The van der Waals surface area contributed by atoms with Gasteiger partial charge in [0.2, 0.25) is 0 Å². The number of rotatable bonds is 1. The van der Waals surface area contributed by atoms with Crippen LogP contribution in [-0.4, -0.2) is 15.6 Å². The molecule has 0 atom stereocenters. The number of aromatic nitrogens is 2. The third-order valence-corrected chi connectivity index (χ3v) is 2.77. The Labute approximate surface area is 140 Å². The molecule has 112 valence electrons. The van der Waals surface area contributed by atoms with Gasteiger partial charge < -0.3 is 0 Å². The second-order valence-corrected chi connectivity index (χ2v) is 9.33. The van der Waals surface area contributed by atoms with E-state index in [2.05, 4.69) is 70.6 Å². The SMILES string of the molecule is CC(=Nc1c(C)cccc1C)n1ccc(C)n1.[Br][Ni][Br]. The summed E-state index contributed by atoms with van der Waals surface area (Å²) in [6.07, 6.45) is 1.93. The first-order chi connectivity index (χ1) is 9.49. The summed E-state index contributed by atoms with van der Waals surface area (Å²) in [4.78, 5) is 4.66. The van der Waals surface area contributed by atoms with E-state index in [4.69, 9.17) is 0 Å². The van der Waals surface area contributed by atoms with Crippen molar-refractivity contribution in [3.63, 3.8) is 0 Å². The maximum atomic E-state index is 4.66. The Balaban J connectivity index is 0.000000612. The van der Waals surface area contributed by atoms with Crippen LogP contribution < -0.4 is 0 Å². The van der Waals surface area contributed by atoms with Gasteiger partial charge in [-0.15, -0.1) is 0 Å². The van der Waals surface area contributed by atoms with Crippen molar-refractivity contribution in [3.8, 4) is 0 Å². The zero-order valence-electron chi connectivity index (χ0n) is 11.8. The van der Waals surface area contributed by atoms with Crippen LogP contribution >= 0.6 is 28.5 Å². The second kappa shape index (κ2) is 8.75. The molecule has 0 saturated carbocycles. The van der Waals surface area contributed by atoms with Gasteiger partial charge in [0.1, 0.15) is 5.84 Å². The first-order valence-electron chi connectivity index (χ1n) is 5.96. The number of halogens is 2. The van der Waals surface area contributed by atoms with Crippen molar-refractivity contribution in [2.75, 3.05) is 0 Å². The average Bonchev–Trinajstić information content (AvgIpc) is 2.82. The molecule has 1 aromatic heterocycles. The summed E-state index contributed by atoms with van der Waals surface area (Å²) >= 11 is 6.00. The van der Waals surface area contributed by atoms with E-state index < -0.39 is 0 Å². The van der Waals surface area contributed by atoms with Crippen LogP contribution in [0.25, 0.3) is 0 Å². The maximum absolute atomic E-state index is 4.66. The van der Waals surface area contributed by atoms with Crippen LogP contribution in [0.3, 0.4) is 0 Å². The molecule has 1 aromatic carbocycles. The summed E-state index contributed by atoms with van der Waals surface area (Å²) in [6.45, 7) is 8.10. The number of hydrogen-bond acceptors (Lipinski definition) is 2. The van der Waals surface area contributed by atoms with Gasteiger partial charge in [-0.25, -0.2) is 9.67 Å². The standard InChI is InChI=1S/C14H17N3.2BrH.Ni/c1-10-6-5-7-11(2)14(10)15-13(4)17-9-8-12(3)16-17;;;/h5-9H,1-4H3;2*1H;/q;;;+2/p-2. The van der Waals surface area contributed by atoms with Crippen molar-refractivity contribution >= 4 is 40.0 Å². The van der Waals surface area contributed by atoms with Crippen molar-refractivity contribution in [1.29, 1.82) is 0 Å².